The van der Waals surface area contributed by atoms with Crippen LogP contribution >= 0.6 is 0 Å². The summed E-state index contributed by atoms with van der Waals surface area (Å²) in [5.74, 6) is 0.931. The molecule has 1 aliphatic carbocycles. The van der Waals surface area contributed by atoms with Crippen LogP contribution in [0.2, 0.25) is 0 Å². The van der Waals surface area contributed by atoms with Gasteiger partial charge in [0.05, 0.1) is 12.5 Å². The average Bonchev–Trinajstić information content (AvgIpc) is 3.12. The highest BCUT2D eigenvalue weighted by Crippen LogP contribution is 2.43. The molecule has 18 heavy (non-hydrogen) atoms. The van der Waals surface area contributed by atoms with Crippen LogP contribution in [-0.2, 0) is 9.53 Å². The molecule has 0 radical (unpaired) electrons. The van der Waals surface area contributed by atoms with E-state index in [1.54, 1.807) is 0 Å². The van der Waals surface area contributed by atoms with Crippen LogP contribution in [0.1, 0.15) is 78.1 Å². The average molecular weight is 254 g/mol. The summed E-state index contributed by atoms with van der Waals surface area (Å²) in [6.07, 6.45) is 13.3. The smallest absolute Gasteiger partial charge is 0.309 e. The number of carbonyl (C=O) groups is 1. The van der Waals surface area contributed by atoms with Crippen molar-refractivity contribution < 1.29 is 9.53 Å². The van der Waals surface area contributed by atoms with Crippen molar-refractivity contribution in [2.75, 3.05) is 6.61 Å². The standard InChI is InChI=1S/C16H30O2/c1-3-5-6-7-8-9-10-11-12-14-13-15(14)16(17)18-4-2/h14-15H,3-13H2,1-2H3. The maximum Gasteiger partial charge on any atom is 0.309 e. The summed E-state index contributed by atoms with van der Waals surface area (Å²) < 4.78 is 5.04. The van der Waals surface area contributed by atoms with E-state index in [4.69, 9.17) is 4.74 Å². The quantitative estimate of drug-likeness (QED) is 0.394. The molecule has 0 aromatic rings. The molecule has 0 saturated heterocycles. The summed E-state index contributed by atoms with van der Waals surface area (Å²) in [5.41, 5.74) is 0. The van der Waals surface area contributed by atoms with E-state index in [1.807, 2.05) is 6.92 Å². The Morgan fingerprint density at radius 3 is 2.22 bits per heavy atom. The highest BCUT2D eigenvalue weighted by Gasteiger charge is 2.43. The van der Waals surface area contributed by atoms with Crippen LogP contribution in [0.3, 0.4) is 0 Å². The second-order valence-electron chi connectivity index (χ2n) is 5.62. The maximum absolute atomic E-state index is 11.4. The molecule has 0 bridgehead atoms. The highest BCUT2D eigenvalue weighted by atomic mass is 16.5. The summed E-state index contributed by atoms with van der Waals surface area (Å²) in [6, 6.07) is 0. The van der Waals surface area contributed by atoms with E-state index in [-0.39, 0.29) is 11.9 Å². The highest BCUT2D eigenvalue weighted by molar-refractivity contribution is 5.75. The fraction of sp³-hybridized carbons (Fsp3) is 0.938. The molecule has 0 spiro atoms. The molecule has 2 unspecified atom stereocenters. The number of carbonyl (C=O) groups excluding carboxylic acids is 1. The fourth-order valence-electron chi connectivity index (χ4n) is 2.65. The lowest BCUT2D eigenvalue weighted by molar-refractivity contribution is -0.145. The molecule has 0 N–H and O–H groups in total. The SMILES string of the molecule is CCCCCCCCCCC1CC1C(=O)OCC. The molecule has 106 valence electrons. The van der Waals surface area contributed by atoms with E-state index >= 15 is 0 Å². The summed E-state index contributed by atoms with van der Waals surface area (Å²) in [4.78, 5) is 11.4. The van der Waals surface area contributed by atoms with Crippen molar-refractivity contribution in [1.82, 2.24) is 0 Å². The van der Waals surface area contributed by atoms with Gasteiger partial charge < -0.3 is 4.74 Å². The fourth-order valence-corrected chi connectivity index (χ4v) is 2.65. The summed E-state index contributed by atoms with van der Waals surface area (Å²) in [7, 11) is 0. The number of hydrogen-bond donors (Lipinski definition) is 0. The molecular weight excluding hydrogens is 224 g/mol. The Balaban J connectivity index is 1.84. The molecule has 0 aromatic heterocycles. The zero-order chi connectivity index (χ0) is 13.2. The summed E-state index contributed by atoms with van der Waals surface area (Å²) in [5, 5.41) is 0. The Kier molecular flexibility index (Phi) is 8.11. The zero-order valence-electron chi connectivity index (χ0n) is 12.2. The molecule has 1 saturated carbocycles. The van der Waals surface area contributed by atoms with Crippen molar-refractivity contribution in [3.8, 4) is 0 Å². The number of hydrogen-bond acceptors (Lipinski definition) is 2. The van der Waals surface area contributed by atoms with E-state index < -0.39 is 0 Å². The first-order chi connectivity index (χ1) is 8.79. The Morgan fingerprint density at radius 2 is 1.61 bits per heavy atom. The molecule has 0 aromatic carbocycles. The van der Waals surface area contributed by atoms with Crippen LogP contribution in [0.4, 0.5) is 0 Å². The minimum atomic E-state index is 0.0436. The molecule has 2 atom stereocenters. The first-order valence-electron chi connectivity index (χ1n) is 7.96. The first kappa shape index (κ1) is 15.5. The predicted molar refractivity (Wildman–Crippen MR) is 75.5 cm³/mol. The van der Waals surface area contributed by atoms with Crippen LogP contribution in [-0.4, -0.2) is 12.6 Å². The number of esters is 1. The Hall–Kier alpha value is -0.530. The van der Waals surface area contributed by atoms with Gasteiger partial charge in [0.15, 0.2) is 0 Å². The summed E-state index contributed by atoms with van der Waals surface area (Å²) in [6.45, 7) is 4.67. The van der Waals surface area contributed by atoms with Crippen LogP contribution in [0.25, 0.3) is 0 Å². The first-order valence-corrected chi connectivity index (χ1v) is 7.96. The lowest BCUT2D eigenvalue weighted by Crippen LogP contribution is -2.07. The van der Waals surface area contributed by atoms with Gasteiger partial charge in [0.2, 0.25) is 0 Å². The van der Waals surface area contributed by atoms with Crippen molar-refractivity contribution in [3.05, 3.63) is 0 Å². The molecule has 1 rings (SSSR count). The largest absolute Gasteiger partial charge is 0.466 e. The third-order valence-electron chi connectivity index (χ3n) is 3.94. The normalized spacial score (nSPS) is 21.9. The molecule has 2 nitrogen and oxygen atoms in total. The topological polar surface area (TPSA) is 26.3 Å². The lowest BCUT2D eigenvalue weighted by Gasteiger charge is -2.02. The van der Waals surface area contributed by atoms with Crippen LogP contribution in [0.15, 0.2) is 0 Å². The number of ether oxygens (including phenoxy) is 1. The zero-order valence-corrected chi connectivity index (χ0v) is 12.2. The third-order valence-corrected chi connectivity index (χ3v) is 3.94. The van der Waals surface area contributed by atoms with Crippen LogP contribution in [0.5, 0.6) is 0 Å². The van der Waals surface area contributed by atoms with Gasteiger partial charge in [-0.15, -0.1) is 0 Å². The van der Waals surface area contributed by atoms with Gasteiger partial charge in [-0.3, -0.25) is 4.79 Å². The van der Waals surface area contributed by atoms with Gasteiger partial charge in [-0.25, -0.2) is 0 Å². The van der Waals surface area contributed by atoms with Crippen molar-refractivity contribution in [2.24, 2.45) is 11.8 Å². The monoisotopic (exact) mass is 254 g/mol. The predicted octanol–water partition coefficient (Wildman–Crippen LogP) is 4.72. The molecule has 1 aliphatic rings. The minimum absolute atomic E-state index is 0.0436. The Morgan fingerprint density at radius 1 is 1.00 bits per heavy atom. The molecule has 0 heterocycles. The molecular formula is C16H30O2. The van der Waals surface area contributed by atoms with Crippen molar-refractivity contribution in [1.29, 1.82) is 0 Å². The van der Waals surface area contributed by atoms with E-state index in [1.165, 1.54) is 57.8 Å². The second-order valence-corrected chi connectivity index (χ2v) is 5.62. The molecule has 0 amide bonds. The Labute approximate surface area is 112 Å². The van der Waals surface area contributed by atoms with Gasteiger partial charge in [-0.1, -0.05) is 58.3 Å². The van der Waals surface area contributed by atoms with Gasteiger partial charge in [-0.05, 0) is 25.7 Å². The number of unbranched alkanes of at least 4 members (excludes halogenated alkanes) is 7. The summed E-state index contributed by atoms with van der Waals surface area (Å²) >= 11 is 0. The van der Waals surface area contributed by atoms with E-state index in [9.17, 15) is 4.79 Å². The maximum atomic E-state index is 11.4. The molecule has 0 aliphatic heterocycles. The van der Waals surface area contributed by atoms with Gasteiger partial charge in [0.1, 0.15) is 0 Å². The number of rotatable bonds is 11. The van der Waals surface area contributed by atoms with Crippen LogP contribution < -0.4 is 0 Å². The third kappa shape index (κ3) is 6.42. The van der Waals surface area contributed by atoms with E-state index in [2.05, 4.69) is 6.92 Å². The van der Waals surface area contributed by atoms with Crippen molar-refractivity contribution >= 4 is 5.97 Å². The Bertz CT molecular complexity index is 225. The van der Waals surface area contributed by atoms with Gasteiger partial charge >= 0.3 is 5.97 Å². The van der Waals surface area contributed by atoms with E-state index in [0.717, 1.165) is 6.42 Å². The lowest BCUT2D eigenvalue weighted by atomic mass is 10.1. The van der Waals surface area contributed by atoms with E-state index in [0.29, 0.717) is 12.5 Å². The minimum Gasteiger partial charge on any atom is -0.466 e. The van der Waals surface area contributed by atoms with Gasteiger partial charge in [0, 0.05) is 0 Å². The molecule has 1 fully saturated rings. The van der Waals surface area contributed by atoms with Crippen molar-refractivity contribution in [2.45, 2.75) is 78.1 Å². The second kappa shape index (κ2) is 9.41. The van der Waals surface area contributed by atoms with Gasteiger partial charge in [0.25, 0.3) is 0 Å². The van der Waals surface area contributed by atoms with Crippen molar-refractivity contribution in [3.63, 3.8) is 0 Å². The van der Waals surface area contributed by atoms with Crippen LogP contribution in [0, 0.1) is 11.8 Å². The van der Waals surface area contributed by atoms with Gasteiger partial charge in [-0.2, -0.15) is 0 Å². The molecule has 2 heteroatoms.